The number of aromatic nitrogens is 1. The number of nitrogens with zero attached hydrogens (tertiary/aromatic N) is 4. The molecular formula is C57H54F2N6O5. The second-order valence-electron chi connectivity index (χ2n) is 16.9. The smallest absolute Gasteiger partial charge is 0.416 e. The van der Waals surface area contributed by atoms with Crippen LogP contribution in [0.2, 0.25) is 0 Å². The van der Waals surface area contributed by atoms with Gasteiger partial charge in [0.25, 0.3) is 0 Å². The Morgan fingerprint density at radius 1 is 0.600 bits per heavy atom. The van der Waals surface area contributed by atoms with Crippen LogP contribution in [0.3, 0.4) is 0 Å². The molecule has 5 amide bonds. The molecule has 2 saturated heterocycles. The summed E-state index contributed by atoms with van der Waals surface area (Å²) in [6.45, 7) is 3.56. The zero-order valence-corrected chi connectivity index (χ0v) is 38.8. The quantitative estimate of drug-likeness (QED) is 0.117. The highest BCUT2D eigenvalue weighted by Gasteiger charge is 2.22. The van der Waals surface area contributed by atoms with Crippen LogP contribution in [0.1, 0.15) is 77.5 Å². The molecule has 5 aromatic carbocycles. The fourth-order valence-electron chi connectivity index (χ4n) is 8.07. The van der Waals surface area contributed by atoms with Crippen molar-refractivity contribution in [2.24, 2.45) is 0 Å². The van der Waals surface area contributed by atoms with Crippen molar-refractivity contribution in [3.63, 3.8) is 0 Å². The fraction of sp³-hybridized carbons (Fsp3) is 0.246. The Bertz CT molecular complexity index is 2860. The van der Waals surface area contributed by atoms with Crippen molar-refractivity contribution in [1.82, 2.24) is 20.1 Å². The van der Waals surface area contributed by atoms with E-state index in [1.54, 1.807) is 91.3 Å². The Morgan fingerprint density at radius 3 is 1.67 bits per heavy atom. The largest absolute Gasteiger partial charge is 0.464 e. The predicted octanol–water partition coefficient (Wildman–Crippen LogP) is 10.1. The minimum absolute atomic E-state index is 0.0374. The molecule has 0 unspecified atom stereocenters. The third-order valence-electron chi connectivity index (χ3n) is 11.8. The highest BCUT2D eigenvalue weighted by atomic mass is 19.1. The topological polar surface area (TPSA) is 135 Å². The van der Waals surface area contributed by atoms with Crippen LogP contribution >= 0.6 is 0 Å². The second-order valence-corrected chi connectivity index (χ2v) is 16.9. The van der Waals surface area contributed by atoms with E-state index >= 15 is 0 Å². The number of anilines is 3. The number of pyridine rings is 1. The fourth-order valence-corrected chi connectivity index (χ4v) is 8.07. The van der Waals surface area contributed by atoms with Crippen LogP contribution in [0.25, 0.3) is 0 Å². The number of amides is 5. The summed E-state index contributed by atoms with van der Waals surface area (Å²) in [5.41, 5.74) is 6.57. The van der Waals surface area contributed by atoms with E-state index in [1.165, 1.54) is 29.2 Å². The van der Waals surface area contributed by atoms with Crippen LogP contribution in [0.4, 0.5) is 35.4 Å². The molecule has 6 aromatic rings. The van der Waals surface area contributed by atoms with Gasteiger partial charge in [-0.05, 0) is 153 Å². The Morgan fingerprint density at radius 2 is 1.14 bits per heavy atom. The maximum absolute atomic E-state index is 13.3. The predicted molar refractivity (Wildman–Crippen MR) is 267 cm³/mol. The molecule has 2 aliphatic heterocycles. The standard InChI is InChI=1S/C29H29FN4O2.C28H25FN2O3/c30-26-11-7-22(8-12-26)6-9-24-19-27(33-29(36)32-16-14-23-5-4-15-31-21-23)13-10-25(24)20-28(35)34-17-2-1-3-18-34;29-24-14-10-21(11-15-24)9-12-22-19-26(31(28(33)34)25-7-3-1-4-8-25)16-13-23(22)20-27(32)30-17-5-2-6-18-30/h4-5,7-8,10-13,15,19,21H,1-3,14,16-18,20H2,(H2,32,33,36);1,3-4,7-8,10-11,13-16,19H,2,5-6,17-18,20H2,(H,33,34). The molecule has 2 aliphatic rings. The Labute approximate surface area is 407 Å². The lowest BCUT2D eigenvalue weighted by molar-refractivity contribution is -0.132. The molecule has 3 heterocycles. The molecular weight excluding hydrogens is 887 g/mol. The third-order valence-corrected chi connectivity index (χ3v) is 11.8. The van der Waals surface area contributed by atoms with Gasteiger partial charge >= 0.3 is 12.1 Å². The summed E-state index contributed by atoms with van der Waals surface area (Å²) in [6, 6.07) is 34.6. The maximum Gasteiger partial charge on any atom is 0.416 e. The molecule has 3 N–H and O–H groups in total. The van der Waals surface area contributed by atoms with Gasteiger partial charge in [-0.2, -0.15) is 0 Å². The second kappa shape index (κ2) is 25.2. The van der Waals surface area contributed by atoms with Crippen molar-refractivity contribution < 1.29 is 33.1 Å². The average Bonchev–Trinajstić information content (AvgIpc) is 3.38. The molecule has 0 spiro atoms. The first-order chi connectivity index (χ1) is 34.1. The minimum atomic E-state index is -1.12. The number of carboxylic acid groups (broad SMARTS) is 1. The lowest BCUT2D eigenvalue weighted by Crippen LogP contribution is -2.36. The molecule has 0 atom stereocenters. The number of urea groups is 1. The first-order valence-electron chi connectivity index (χ1n) is 23.5. The van der Waals surface area contributed by atoms with E-state index in [1.807, 2.05) is 34.1 Å². The molecule has 8 rings (SSSR count). The van der Waals surface area contributed by atoms with Crippen LogP contribution in [0.5, 0.6) is 0 Å². The summed E-state index contributed by atoms with van der Waals surface area (Å²) in [6.07, 6.45) is 9.83. The zero-order chi connectivity index (χ0) is 49.1. The van der Waals surface area contributed by atoms with E-state index in [9.17, 15) is 33.1 Å². The third kappa shape index (κ3) is 14.9. The van der Waals surface area contributed by atoms with Crippen LogP contribution in [-0.2, 0) is 28.9 Å². The molecule has 0 bridgehead atoms. The average molecular weight is 941 g/mol. The Kier molecular flexibility index (Phi) is 17.8. The van der Waals surface area contributed by atoms with Crippen LogP contribution in [-0.4, -0.2) is 76.6 Å². The number of hydrogen-bond acceptors (Lipinski definition) is 5. The summed E-state index contributed by atoms with van der Waals surface area (Å²) in [4.78, 5) is 59.3. The number of rotatable bonds is 10. The monoisotopic (exact) mass is 940 g/mol. The first-order valence-corrected chi connectivity index (χ1v) is 23.5. The normalized spacial score (nSPS) is 12.9. The summed E-state index contributed by atoms with van der Waals surface area (Å²) in [7, 11) is 0. The van der Waals surface area contributed by atoms with Crippen molar-refractivity contribution in [1.29, 1.82) is 0 Å². The van der Waals surface area contributed by atoms with E-state index in [0.717, 1.165) is 81.4 Å². The number of halogens is 2. The highest BCUT2D eigenvalue weighted by molar-refractivity contribution is 5.95. The van der Waals surface area contributed by atoms with Crippen LogP contribution in [0, 0.1) is 35.3 Å². The molecule has 0 aliphatic carbocycles. The number of carbonyl (C=O) groups excluding carboxylic acids is 3. The van der Waals surface area contributed by atoms with Crippen molar-refractivity contribution in [2.45, 2.75) is 57.8 Å². The van der Waals surface area contributed by atoms with Gasteiger partial charge in [-0.25, -0.2) is 23.3 Å². The maximum atomic E-state index is 13.3. The van der Waals surface area contributed by atoms with Crippen molar-refractivity contribution >= 4 is 41.0 Å². The number of para-hydroxylation sites is 1. The van der Waals surface area contributed by atoms with Gasteiger partial charge in [0.05, 0.1) is 24.2 Å². The Balaban J connectivity index is 0.000000207. The summed E-state index contributed by atoms with van der Waals surface area (Å²) >= 11 is 0. The van der Waals surface area contributed by atoms with Gasteiger partial charge in [-0.1, -0.05) is 60.1 Å². The van der Waals surface area contributed by atoms with E-state index in [-0.39, 0.29) is 42.3 Å². The molecule has 11 nitrogen and oxygen atoms in total. The van der Waals surface area contributed by atoms with Crippen molar-refractivity contribution in [2.75, 3.05) is 42.9 Å². The summed E-state index contributed by atoms with van der Waals surface area (Å²) in [5, 5.41) is 15.6. The molecule has 2 fully saturated rings. The van der Waals surface area contributed by atoms with Gasteiger partial charge in [0.15, 0.2) is 0 Å². The summed E-state index contributed by atoms with van der Waals surface area (Å²) in [5.74, 6) is 11.7. The number of carbonyl (C=O) groups is 4. The van der Waals surface area contributed by atoms with E-state index < -0.39 is 6.09 Å². The molecule has 356 valence electrons. The van der Waals surface area contributed by atoms with E-state index in [2.05, 4.69) is 39.3 Å². The number of piperidine rings is 2. The lowest BCUT2D eigenvalue weighted by Gasteiger charge is -2.27. The van der Waals surface area contributed by atoms with Gasteiger partial charge in [0, 0.05) is 73.1 Å². The first kappa shape index (κ1) is 49.6. The molecule has 0 radical (unpaired) electrons. The SMILES string of the molecule is O=C(Cc1ccc(N(C(=O)O)c2ccccc2)cc1C#Cc1ccc(F)cc1)N1CCCCC1.O=C(NCCc1cccnc1)Nc1ccc(CC(=O)N2CCCCC2)c(C#Cc2ccc(F)cc2)c1. The van der Waals surface area contributed by atoms with Crippen LogP contribution in [0.15, 0.2) is 140 Å². The highest BCUT2D eigenvalue weighted by Crippen LogP contribution is 2.28. The zero-order valence-electron chi connectivity index (χ0n) is 38.8. The Hall–Kier alpha value is -8.29. The van der Waals surface area contributed by atoms with E-state index in [0.29, 0.717) is 52.3 Å². The van der Waals surface area contributed by atoms with E-state index in [4.69, 9.17) is 0 Å². The lowest BCUT2D eigenvalue weighted by atomic mass is 10.0. The number of hydrogen-bond donors (Lipinski definition) is 3. The van der Waals surface area contributed by atoms with Crippen molar-refractivity contribution in [3.8, 4) is 23.7 Å². The molecule has 0 saturated carbocycles. The summed E-state index contributed by atoms with van der Waals surface area (Å²) < 4.78 is 26.5. The van der Waals surface area contributed by atoms with Gasteiger partial charge < -0.3 is 25.5 Å². The van der Waals surface area contributed by atoms with Gasteiger partial charge in [-0.15, -0.1) is 0 Å². The molecule has 70 heavy (non-hydrogen) atoms. The minimum Gasteiger partial charge on any atom is -0.464 e. The number of nitrogens with one attached hydrogen (secondary N) is 2. The van der Waals surface area contributed by atoms with Gasteiger partial charge in [0.1, 0.15) is 11.6 Å². The molecule has 1 aromatic heterocycles. The van der Waals surface area contributed by atoms with Gasteiger partial charge in [0.2, 0.25) is 11.8 Å². The number of likely N-dealkylation sites (tertiary alicyclic amines) is 2. The van der Waals surface area contributed by atoms with Gasteiger partial charge in [-0.3, -0.25) is 14.6 Å². The molecule has 13 heteroatoms. The van der Waals surface area contributed by atoms with Crippen molar-refractivity contribution in [3.05, 3.63) is 190 Å². The number of benzene rings is 5. The van der Waals surface area contributed by atoms with Crippen LogP contribution < -0.4 is 15.5 Å².